The zero-order chi connectivity index (χ0) is 32.3. The Morgan fingerprint density at radius 1 is 0.978 bits per heavy atom. The quantitative estimate of drug-likeness (QED) is 0.213. The van der Waals surface area contributed by atoms with Gasteiger partial charge in [-0.2, -0.15) is 5.10 Å². The number of hydrogen-bond acceptors (Lipinski definition) is 5. The van der Waals surface area contributed by atoms with Crippen LogP contribution in [0.4, 0.5) is 8.78 Å². The van der Waals surface area contributed by atoms with Crippen LogP contribution >= 0.6 is 0 Å². The van der Waals surface area contributed by atoms with Crippen molar-refractivity contribution in [3.63, 3.8) is 0 Å². The van der Waals surface area contributed by atoms with Gasteiger partial charge in [0.15, 0.2) is 0 Å². The number of rotatable bonds is 9. The molecule has 8 nitrogen and oxygen atoms in total. The zero-order valence-corrected chi connectivity index (χ0v) is 26.3. The molecule has 3 heterocycles. The van der Waals surface area contributed by atoms with Crippen molar-refractivity contribution < 1.29 is 27.8 Å². The largest absolute Gasteiger partial charge is 0.457 e. The third-order valence-electron chi connectivity index (χ3n) is 9.06. The van der Waals surface area contributed by atoms with E-state index in [0.29, 0.717) is 48.2 Å². The van der Waals surface area contributed by atoms with Gasteiger partial charge < -0.3 is 19.7 Å². The molecule has 1 atom stereocenters. The minimum absolute atomic E-state index is 0.0270. The van der Waals surface area contributed by atoms with Crippen LogP contribution in [0.15, 0.2) is 66.9 Å². The summed E-state index contributed by atoms with van der Waals surface area (Å²) < 4.78 is 40.4. The van der Waals surface area contributed by atoms with Crippen molar-refractivity contribution in [3.8, 4) is 11.5 Å². The molecular formula is C36H40F2N4O4. The van der Waals surface area contributed by atoms with E-state index in [-0.39, 0.29) is 23.5 Å². The standard InChI is InChI=1S/C36H40F2N4O4/c1-24-31(34(43)39-21-30-5-3-4-20-45-30)14-15-33-32(24)23-42(40-33)22-25-16-18-41(19-17-25)35(44)26-6-10-28(11-7-26)46-29-12-8-27(9-13-29)36(2,37)38/h6-15,23,25,30H,3-5,16-22H2,1-2H3,(H,39,43). The molecule has 2 aliphatic heterocycles. The maximum absolute atomic E-state index is 13.5. The van der Waals surface area contributed by atoms with E-state index in [0.717, 1.165) is 68.6 Å². The highest BCUT2D eigenvalue weighted by molar-refractivity contribution is 6.00. The maximum Gasteiger partial charge on any atom is 0.270 e. The molecule has 0 radical (unpaired) electrons. The summed E-state index contributed by atoms with van der Waals surface area (Å²) in [4.78, 5) is 28.0. The number of aryl methyl sites for hydroxylation is 1. The predicted molar refractivity (Wildman–Crippen MR) is 172 cm³/mol. The smallest absolute Gasteiger partial charge is 0.270 e. The fourth-order valence-corrected chi connectivity index (χ4v) is 6.27. The Labute approximate surface area is 267 Å². The van der Waals surface area contributed by atoms with Crippen molar-refractivity contribution in [2.45, 2.75) is 64.5 Å². The molecule has 242 valence electrons. The second-order valence-corrected chi connectivity index (χ2v) is 12.5. The second-order valence-electron chi connectivity index (χ2n) is 12.5. The van der Waals surface area contributed by atoms with Crippen molar-refractivity contribution in [2.75, 3.05) is 26.2 Å². The Hall–Kier alpha value is -4.31. The van der Waals surface area contributed by atoms with Gasteiger partial charge >= 0.3 is 0 Å². The first-order valence-corrected chi connectivity index (χ1v) is 16.1. The Bertz CT molecular complexity index is 1670. The number of carbonyl (C=O) groups excluding carboxylic acids is 2. The molecular weight excluding hydrogens is 590 g/mol. The lowest BCUT2D eigenvalue weighted by atomic mass is 9.96. The molecule has 1 unspecified atom stereocenters. The summed E-state index contributed by atoms with van der Waals surface area (Å²) in [5, 5.41) is 8.79. The number of fused-ring (bicyclic) bond motifs is 1. The lowest BCUT2D eigenvalue weighted by Gasteiger charge is -2.32. The Morgan fingerprint density at radius 3 is 2.33 bits per heavy atom. The van der Waals surface area contributed by atoms with Gasteiger partial charge in [0.1, 0.15) is 11.5 Å². The fraction of sp³-hybridized carbons (Fsp3) is 0.417. The number of amides is 2. The summed E-state index contributed by atoms with van der Waals surface area (Å²) in [6, 6.07) is 16.4. The molecule has 0 aliphatic carbocycles. The van der Waals surface area contributed by atoms with Gasteiger partial charge in [-0.1, -0.05) is 0 Å². The van der Waals surface area contributed by atoms with E-state index >= 15 is 0 Å². The molecule has 6 rings (SSSR count). The maximum atomic E-state index is 13.5. The van der Waals surface area contributed by atoms with Crippen molar-refractivity contribution in [2.24, 2.45) is 5.92 Å². The van der Waals surface area contributed by atoms with Gasteiger partial charge in [0.25, 0.3) is 17.7 Å². The predicted octanol–water partition coefficient (Wildman–Crippen LogP) is 7.10. The topological polar surface area (TPSA) is 85.7 Å². The summed E-state index contributed by atoms with van der Waals surface area (Å²) >= 11 is 0. The van der Waals surface area contributed by atoms with Gasteiger partial charge in [-0.05, 0) is 111 Å². The molecule has 2 aliphatic rings. The highest BCUT2D eigenvalue weighted by atomic mass is 19.3. The molecule has 0 saturated carbocycles. The van der Waals surface area contributed by atoms with Crippen molar-refractivity contribution in [1.29, 1.82) is 0 Å². The van der Waals surface area contributed by atoms with Gasteiger partial charge in [0.2, 0.25) is 0 Å². The number of piperidine rings is 1. The van der Waals surface area contributed by atoms with E-state index in [9.17, 15) is 18.4 Å². The van der Waals surface area contributed by atoms with Crippen LogP contribution in [0, 0.1) is 12.8 Å². The molecule has 1 aromatic heterocycles. The van der Waals surface area contributed by atoms with Gasteiger partial charge in [0, 0.05) is 68.0 Å². The van der Waals surface area contributed by atoms with E-state index in [1.807, 2.05) is 34.8 Å². The third-order valence-corrected chi connectivity index (χ3v) is 9.06. The average molecular weight is 631 g/mol. The minimum Gasteiger partial charge on any atom is -0.457 e. The van der Waals surface area contributed by atoms with Crippen LogP contribution < -0.4 is 10.1 Å². The third kappa shape index (κ3) is 7.39. The van der Waals surface area contributed by atoms with E-state index in [4.69, 9.17) is 14.6 Å². The molecule has 10 heteroatoms. The molecule has 1 N–H and O–H groups in total. The first kappa shape index (κ1) is 31.7. The number of alkyl halides is 2. The summed E-state index contributed by atoms with van der Waals surface area (Å²) in [7, 11) is 0. The normalized spacial score (nSPS) is 17.7. The summed E-state index contributed by atoms with van der Waals surface area (Å²) in [6.07, 6.45) is 7.05. The van der Waals surface area contributed by atoms with Crippen LogP contribution in [0.5, 0.6) is 11.5 Å². The highest BCUT2D eigenvalue weighted by Crippen LogP contribution is 2.30. The molecule has 2 saturated heterocycles. The molecule has 4 aromatic rings. The summed E-state index contributed by atoms with van der Waals surface area (Å²) in [5.74, 6) is -1.67. The van der Waals surface area contributed by atoms with Crippen LogP contribution in [-0.2, 0) is 17.2 Å². The van der Waals surface area contributed by atoms with Crippen molar-refractivity contribution in [3.05, 3.63) is 89.1 Å². The molecule has 0 bridgehead atoms. The molecule has 2 amide bonds. The zero-order valence-electron chi connectivity index (χ0n) is 26.3. The van der Waals surface area contributed by atoms with Crippen LogP contribution in [0.2, 0.25) is 0 Å². The van der Waals surface area contributed by atoms with Crippen molar-refractivity contribution in [1.82, 2.24) is 20.0 Å². The summed E-state index contributed by atoms with van der Waals surface area (Å²) in [5.41, 5.74) is 2.94. The first-order chi connectivity index (χ1) is 22.1. The van der Waals surface area contributed by atoms with E-state index in [1.165, 1.54) is 24.3 Å². The first-order valence-electron chi connectivity index (χ1n) is 16.1. The monoisotopic (exact) mass is 630 g/mol. The minimum atomic E-state index is -2.91. The number of likely N-dealkylation sites (tertiary alicyclic amines) is 1. The second kappa shape index (κ2) is 13.6. The van der Waals surface area contributed by atoms with Gasteiger partial charge in [-0.3, -0.25) is 14.3 Å². The molecule has 3 aromatic carbocycles. The van der Waals surface area contributed by atoms with Crippen LogP contribution in [0.1, 0.15) is 70.9 Å². The Kier molecular flexibility index (Phi) is 9.35. The number of benzene rings is 3. The summed E-state index contributed by atoms with van der Waals surface area (Å²) in [6.45, 7) is 6.18. The van der Waals surface area contributed by atoms with Crippen LogP contribution in [-0.4, -0.2) is 58.8 Å². The SMILES string of the molecule is Cc1c(C(=O)NCC2CCCCO2)ccc2nn(CC3CCN(C(=O)c4ccc(Oc5ccc(C(C)(F)F)cc5)cc4)CC3)cc12. The number of nitrogens with zero attached hydrogens (tertiary/aromatic N) is 3. The number of aromatic nitrogens is 2. The van der Waals surface area contributed by atoms with Gasteiger partial charge in [-0.15, -0.1) is 0 Å². The fourth-order valence-electron chi connectivity index (χ4n) is 6.27. The molecule has 46 heavy (non-hydrogen) atoms. The molecule has 2 fully saturated rings. The van der Waals surface area contributed by atoms with Crippen molar-refractivity contribution >= 4 is 22.7 Å². The van der Waals surface area contributed by atoms with Crippen LogP contribution in [0.25, 0.3) is 10.9 Å². The Morgan fingerprint density at radius 2 is 1.67 bits per heavy atom. The van der Waals surface area contributed by atoms with Crippen LogP contribution in [0.3, 0.4) is 0 Å². The number of hydrogen-bond donors (Lipinski definition) is 1. The van der Waals surface area contributed by atoms with E-state index < -0.39 is 5.92 Å². The number of nitrogens with one attached hydrogen (secondary N) is 1. The highest BCUT2D eigenvalue weighted by Gasteiger charge is 2.26. The number of halogens is 2. The van der Waals surface area contributed by atoms with Gasteiger partial charge in [0.05, 0.1) is 11.6 Å². The molecule has 0 spiro atoms. The number of carbonyl (C=O) groups is 2. The Balaban J connectivity index is 1.00. The van der Waals surface area contributed by atoms with E-state index in [1.54, 1.807) is 24.3 Å². The van der Waals surface area contributed by atoms with E-state index in [2.05, 4.69) is 5.32 Å². The lowest BCUT2D eigenvalue weighted by Crippen LogP contribution is -2.39. The number of ether oxygens (including phenoxy) is 2. The van der Waals surface area contributed by atoms with Gasteiger partial charge in [-0.25, -0.2) is 8.78 Å². The average Bonchev–Trinajstić information content (AvgIpc) is 3.48. The lowest BCUT2D eigenvalue weighted by molar-refractivity contribution is 0.0168.